The third kappa shape index (κ3) is 3.47. The summed E-state index contributed by atoms with van der Waals surface area (Å²) in [5.74, 6) is 2.33. The van der Waals surface area contributed by atoms with Gasteiger partial charge in [0.1, 0.15) is 13.2 Å². The highest BCUT2D eigenvalue weighted by Gasteiger charge is 2.16. The van der Waals surface area contributed by atoms with Crippen LogP contribution in [0.3, 0.4) is 0 Å². The van der Waals surface area contributed by atoms with Crippen LogP contribution in [0.15, 0.2) is 52.1 Å². The third-order valence-electron chi connectivity index (χ3n) is 3.71. The Bertz CT molecular complexity index is 942. The average molecular weight is 371 g/mol. The van der Waals surface area contributed by atoms with E-state index in [9.17, 15) is 10.1 Å². The number of nitro benzene ring substituents is 1. The molecule has 0 amide bonds. The molecule has 2 heterocycles. The molecule has 1 aromatic heterocycles. The number of nitrogens with zero attached hydrogens (tertiary/aromatic N) is 3. The molecule has 1 aliphatic rings. The zero-order valence-electron chi connectivity index (χ0n) is 13.5. The zero-order valence-corrected chi connectivity index (χ0v) is 14.3. The van der Waals surface area contributed by atoms with Crippen LogP contribution < -0.4 is 9.47 Å². The smallest absolute Gasteiger partial charge is 0.277 e. The Balaban J connectivity index is 1.44. The maximum atomic E-state index is 10.7. The van der Waals surface area contributed by atoms with Crippen molar-refractivity contribution in [1.82, 2.24) is 10.2 Å². The molecule has 0 radical (unpaired) electrons. The Morgan fingerprint density at radius 2 is 1.81 bits per heavy atom. The van der Waals surface area contributed by atoms with Crippen molar-refractivity contribution in [3.05, 3.63) is 58.1 Å². The van der Waals surface area contributed by atoms with Gasteiger partial charge < -0.3 is 13.9 Å². The van der Waals surface area contributed by atoms with E-state index in [0.717, 1.165) is 11.1 Å². The molecule has 8 nitrogen and oxygen atoms in total. The van der Waals surface area contributed by atoms with E-state index < -0.39 is 4.92 Å². The quantitative estimate of drug-likeness (QED) is 0.380. The van der Waals surface area contributed by atoms with Gasteiger partial charge in [-0.05, 0) is 23.8 Å². The summed E-state index contributed by atoms with van der Waals surface area (Å²) < 4.78 is 16.7. The molecule has 2 aromatic carbocycles. The molecule has 0 fully saturated rings. The summed E-state index contributed by atoms with van der Waals surface area (Å²) in [6.45, 7) is 1.05. The molecular weight excluding hydrogens is 358 g/mol. The molecule has 0 bridgehead atoms. The molecular formula is C17H13N3O5S. The van der Waals surface area contributed by atoms with E-state index in [-0.39, 0.29) is 5.69 Å². The van der Waals surface area contributed by atoms with Crippen LogP contribution in [0.5, 0.6) is 11.5 Å². The van der Waals surface area contributed by atoms with Crippen molar-refractivity contribution < 1.29 is 18.8 Å². The molecule has 132 valence electrons. The molecule has 0 atom stereocenters. The Morgan fingerprint density at radius 3 is 2.58 bits per heavy atom. The molecule has 26 heavy (non-hydrogen) atoms. The van der Waals surface area contributed by atoms with Crippen LogP contribution in [-0.4, -0.2) is 28.3 Å². The van der Waals surface area contributed by atoms with Gasteiger partial charge in [0, 0.05) is 23.4 Å². The third-order valence-corrected chi connectivity index (χ3v) is 4.59. The molecule has 3 aromatic rings. The molecule has 0 saturated heterocycles. The van der Waals surface area contributed by atoms with Crippen molar-refractivity contribution in [2.24, 2.45) is 0 Å². The maximum absolute atomic E-state index is 10.7. The Morgan fingerprint density at radius 1 is 1.04 bits per heavy atom. The van der Waals surface area contributed by atoms with Crippen LogP contribution in [-0.2, 0) is 5.75 Å². The molecule has 0 saturated carbocycles. The molecule has 0 N–H and O–H groups in total. The fraction of sp³-hybridized carbons (Fsp3) is 0.176. The number of ether oxygens (including phenoxy) is 2. The van der Waals surface area contributed by atoms with Crippen molar-refractivity contribution in [3.8, 4) is 23.0 Å². The van der Waals surface area contributed by atoms with E-state index in [0.29, 0.717) is 41.6 Å². The minimum atomic E-state index is -0.422. The minimum absolute atomic E-state index is 0.0671. The summed E-state index contributed by atoms with van der Waals surface area (Å²) in [6, 6.07) is 11.8. The van der Waals surface area contributed by atoms with Gasteiger partial charge in [-0.2, -0.15) is 0 Å². The van der Waals surface area contributed by atoms with Gasteiger partial charge >= 0.3 is 0 Å². The summed E-state index contributed by atoms with van der Waals surface area (Å²) in [7, 11) is 0. The fourth-order valence-electron chi connectivity index (χ4n) is 2.42. The lowest BCUT2D eigenvalue weighted by Crippen LogP contribution is -2.15. The first kappa shape index (κ1) is 16.4. The largest absolute Gasteiger partial charge is 0.486 e. The first-order chi connectivity index (χ1) is 12.7. The number of aromatic nitrogens is 2. The predicted octanol–water partition coefficient (Wildman–Crippen LogP) is 3.71. The normalized spacial score (nSPS) is 12.8. The number of hydrogen-bond acceptors (Lipinski definition) is 8. The Labute approximate surface area is 152 Å². The fourth-order valence-corrected chi connectivity index (χ4v) is 3.14. The number of non-ortho nitro benzene ring substituents is 1. The van der Waals surface area contributed by atoms with Gasteiger partial charge in [-0.3, -0.25) is 10.1 Å². The van der Waals surface area contributed by atoms with Crippen LogP contribution in [0.25, 0.3) is 11.5 Å². The van der Waals surface area contributed by atoms with Gasteiger partial charge in [-0.1, -0.05) is 23.9 Å². The number of hydrogen-bond donors (Lipinski definition) is 0. The van der Waals surface area contributed by atoms with E-state index in [1.165, 1.54) is 23.9 Å². The number of thioether (sulfide) groups is 1. The number of fused-ring (bicyclic) bond motifs is 1. The van der Waals surface area contributed by atoms with Gasteiger partial charge in [0.15, 0.2) is 11.5 Å². The van der Waals surface area contributed by atoms with E-state index in [1.54, 1.807) is 12.1 Å². The summed E-state index contributed by atoms with van der Waals surface area (Å²) >= 11 is 1.37. The number of nitro groups is 1. The summed E-state index contributed by atoms with van der Waals surface area (Å²) in [5, 5.41) is 19.2. The number of rotatable bonds is 5. The van der Waals surface area contributed by atoms with Crippen molar-refractivity contribution in [2.75, 3.05) is 13.2 Å². The molecule has 0 unspecified atom stereocenters. The first-order valence-electron chi connectivity index (χ1n) is 7.79. The zero-order chi connectivity index (χ0) is 17.9. The van der Waals surface area contributed by atoms with Gasteiger partial charge in [0.25, 0.3) is 10.9 Å². The van der Waals surface area contributed by atoms with Crippen molar-refractivity contribution in [1.29, 1.82) is 0 Å². The molecule has 0 spiro atoms. The van der Waals surface area contributed by atoms with Crippen molar-refractivity contribution in [2.45, 2.75) is 11.0 Å². The Kier molecular flexibility index (Phi) is 4.44. The first-order valence-corrected chi connectivity index (χ1v) is 8.77. The standard InChI is InChI=1S/C17H13N3O5S/c21-20(22)13-4-1-11(2-5-13)10-26-17-19-18-16(25-17)12-3-6-14-15(9-12)24-8-7-23-14/h1-6,9H,7-8,10H2. The average Bonchev–Trinajstić information content (AvgIpc) is 3.15. The van der Waals surface area contributed by atoms with E-state index in [4.69, 9.17) is 13.9 Å². The van der Waals surface area contributed by atoms with Gasteiger partial charge in [-0.15, -0.1) is 10.2 Å². The lowest BCUT2D eigenvalue weighted by molar-refractivity contribution is -0.384. The van der Waals surface area contributed by atoms with E-state index in [1.807, 2.05) is 18.2 Å². The van der Waals surface area contributed by atoms with Gasteiger partial charge in [-0.25, -0.2) is 0 Å². The van der Waals surface area contributed by atoms with E-state index >= 15 is 0 Å². The molecule has 9 heteroatoms. The molecule has 4 rings (SSSR count). The highest BCUT2D eigenvalue weighted by Crippen LogP contribution is 2.35. The highest BCUT2D eigenvalue weighted by atomic mass is 32.2. The summed E-state index contributed by atoms with van der Waals surface area (Å²) in [6.07, 6.45) is 0. The molecule has 0 aliphatic carbocycles. The van der Waals surface area contributed by atoms with Crippen LogP contribution in [0.4, 0.5) is 5.69 Å². The van der Waals surface area contributed by atoms with E-state index in [2.05, 4.69) is 10.2 Å². The predicted molar refractivity (Wildman–Crippen MR) is 93.4 cm³/mol. The number of benzene rings is 2. The van der Waals surface area contributed by atoms with Gasteiger partial charge in [0.2, 0.25) is 5.89 Å². The second-order valence-corrected chi connectivity index (χ2v) is 6.37. The second-order valence-electron chi connectivity index (χ2n) is 5.44. The van der Waals surface area contributed by atoms with Gasteiger partial charge in [0.05, 0.1) is 4.92 Å². The minimum Gasteiger partial charge on any atom is -0.486 e. The SMILES string of the molecule is O=[N+]([O-])c1ccc(CSc2nnc(-c3ccc4c(c3)OCCO4)o2)cc1. The highest BCUT2D eigenvalue weighted by molar-refractivity contribution is 7.98. The topological polar surface area (TPSA) is 101 Å². The van der Waals surface area contributed by atoms with Crippen molar-refractivity contribution in [3.63, 3.8) is 0 Å². The maximum Gasteiger partial charge on any atom is 0.277 e. The Hall–Kier alpha value is -3.07. The van der Waals surface area contributed by atoms with Crippen LogP contribution in [0.1, 0.15) is 5.56 Å². The summed E-state index contributed by atoms with van der Waals surface area (Å²) in [4.78, 5) is 10.2. The molecule has 1 aliphatic heterocycles. The lowest BCUT2D eigenvalue weighted by atomic mass is 10.2. The van der Waals surface area contributed by atoms with Crippen LogP contribution >= 0.6 is 11.8 Å². The second kappa shape index (κ2) is 7.04. The van der Waals surface area contributed by atoms with Crippen LogP contribution in [0, 0.1) is 10.1 Å². The van der Waals surface area contributed by atoms with Crippen molar-refractivity contribution >= 4 is 17.4 Å². The monoisotopic (exact) mass is 371 g/mol. The summed E-state index contributed by atoms with van der Waals surface area (Å²) in [5.41, 5.74) is 1.75. The van der Waals surface area contributed by atoms with Crippen LogP contribution in [0.2, 0.25) is 0 Å². The lowest BCUT2D eigenvalue weighted by Gasteiger charge is -2.18.